The molecule has 1 N–H and O–H groups in total. The molecular weight excluding hydrogens is 248 g/mol. The number of piperidine rings is 1. The van der Waals surface area contributed by atoms with Crippen molar-refractivity contribution in [2.45, 2.75) is 19.3 Å². The normalized spacial score (nSPS) is 16.1. The van der Waals surface area contributed by atoms with Crippen molar-refractivity contribution in [2.24, 2.45) is 0 Å². The number of carbonyl (C=O) groups is 1. The summed E-state index contributed by atoms with van der Waals surface area (Å²) in [5.41, 5.74) is 0.919. The number of fused-ring (bicyclic) bond motifs is 1. The summed E-state index contributed by atoms with van der Waals surface area (Å²) < 4.78 is 0.954. The quantitative estimate of drug-likeness (QED) is 0.904. The van der Waals surface area contributed by atoms with Gasteiger partial charge in [0.15, 0.2) is 5.13 Å². The van der Waals surface area contributed by atoms with Crippen LogP contribution in [0.4, 0.5) is 5.13 Å². The van der Waals surface area contributed by atoms with Crippen LogP contribution in [0.3, 0.4) is 0 Å². The summed E-state index contributed by atoms with van der Waals surface area (Å²) >= 11 is 1.59. The van der Waals surface area contributed by atoms with Crippen molar-refractivity contribution in [1.82, 2.24) is 4.98 Å². The zero-order valence-corrected chi connectivity index (χ0v) is 10.7. The number of para-hydroxylation sites is 1. The molecule has 1 fully saturated rings. The lowest BCUT2D eigenvalue weighted by Crippen LogP contribution is -2.29. The lowest BCUT2D eigenvalue weighted by molar-refractivity contribution is 0.0699. The monoisotopic (exact) mass is 262 g/mol. The van der Waals surface area contributed by atoms with E-state index in [4.69, 9.17) is 5.11 Å². The first-order valence-corrected chi connectivity index (χ1v) is 6.95. The Morgan fingerprint density at radius 3 is 2.78 bits per heavy atom. The molecule has 5 heteroatoms. The fourth-order valence-electron chi connectivity index (χ4n) is 2.33. The van der Waals surface area contributed by atoms with E-state index in [2.05, 4.69) is 9.88 Å². The number of nitrogens with zero attached hydrogens (tertiary/aromatic N) is 2. The maximum atomic E-state index is 11.2. The number of anilines is 1. The second-order valence-corrected chi connectivity index (χ2v) is 5.51. The zero-order chi connectivity index (χ0) is 12.5. The average Bonchev–Trinajstić information content (AvgIpc) is 2.83. The predicted octanol–water partition coefficient (Wildman–Crippen LogP) is 2.98. The molecule has 94 valence electrons. The van der Waals surface area contributed by atoms with Crippen molar-refractivity contribution in [3.05, 3.63) is 23.8 Å². The van der Waals surface area contributed by atoms with Crippen molar-refractivity contribution in [2.75, 3.05) is 18.0 Å². The van der Waals surface area contributed by atoms with Crippen LogP contribution < -0.4 is 4.90 Å². The molecule has 1 aliphatic rings. The summed E-state index contributed by atoms with van der Waals surface area (Å²) in [5, 5.41) is 10.1. The molecule has 1 aromatic heterocycles. The Hall–Kier alpha value is -1.62. The van der Waals surface area contributed by atoms with Crippen LogP contribution in [0.1, 0.15) is 29.6 Å². The highest BCUT2D eigenvalue weighted by Crippen LogP contribution is 2.32. The van der Waals surface area contributed by atoms with Crippen LogP contribution in [0, 0.1) is 0 Å². The molecule has 0 atom stereocenters. The number of carboxylic acids is 1. The Kier molecular flexibility index (Phi) is 2.91. The van der Waals surface area contributed by atoms with Gasteiger partial charge in [-0.2, -0.15) is 0 Å². The topological polar surface area (TPSA) is 53.4 Å². The van der Waals surface area contributed by atoms with Crippen LogP contribution in [0.2, 0.25) is 0 Å². The van der Waals surface area contributed by atoms with Gasteiger partial charge in [0, 0.05) is 13.1 Å². The van der Waals surface area contributed by atoms with Gasteiger partial charge in [-0.1, -0.05) is 17.4 Å². The lowest BCUT2D eigenvalue weighted by atomic mass is 10.1. The molecule has 1 saturated heterocycles. The van der Waals surface area contributed by atoms with Crippen molar-refractivity contribution >= 4 is 32.7 Å². The van der Waals surface area contributed by atoms with Crippen molar-refractivity contribution < 1.29 is 9.90 Å². The minimum absolute atomic E-state index is 0.298. The summed E-state index contributed by atoms with van der Waals surface area (Å²) in [6.45, 7) is 2.06. The molecule has 2 heterocycles. The zero-order valence-electron chi connectivity index (χ0n) is 9.93. The number of aromatic carboxylic acids is 1. The maximum absolute atomic E-state index is 11.2. The van der Waals surface area contributed by atoms with Gasteiger partial charge in [-0.25, -0.2) is 9.78 Å². The summed E-state index contributed by atoms with van der Waals surface area (Å²) in [7, 11) is 0. The van der Waals surface area contributed by atoms with Gasteiger partial charge < -0.3 is 10.0 Å². The average molecular weight is 262 g/mol. The van der Waals surface area contributed by atoms with E-state index < -0.39 is 5.97 Å². The molecule has 18 heavy (non-hydrogen) atoms. The fourth-order valence-corrected chi connectivity index (χ4v) is 3.37. The number of benzene rings is 1. The molecule has 0 amide bonds. The molecule has 0 spiro atoms. The fraction of sp³-hybridized carbons (Fsp3) is 0.385. The van der Waals surface area contributed by atoms with Gasteiger partial charge in [0.05, 0.1) is 15.8 Å². The summed E-state index contributed by atoms with van der Waals surface area (Å²) in [6, 6.07) is 5.33. The molecule has 0 saturated carbocycles. The van der Waals surface area contributed by atoms with E-state index in [-0.39, 0.29) is 0 Å². The summed E-state index contributed by atoms with van der Waals surface area (Å²) in [6.07, 6.45) is 3.67. The third kappa shape index (κ3) is 1.95. The molecule has 3 rings (SSSR count). The third-order valence-electron chi connectivity index (χ3n) is 3.26. The molecule has 4 nitrogen and oxygen atoms in total. The van der Waals surface area contributed by atoms with Gasteiger partial charge in [-0.15, -0.1) is 0 Å². The number of carboxylic acid groups (broad SMARTS) is 1. The molecular formula is C13H14N2O2S. The van der Waals surface area contributed by atoms with Gasteiger partial charge in [0.1, 0.15) is 0 Å². The van der Waals surface area contributed by atoms with Gasteiger partial charge in [-0.3, -0.25) is 0 Å². The van der Waals surface area contributed by atoms with E-state index in [0.29, 0.717) is 11.1 Å². The number of hydrogen-bond donors (Lipinski definition) is 1. The van der Waals surface area contributed by atoms with Crippen molar-refractivity contribution in [3.8, 4) is 0 Å². The van der Waals surface area contributed by atoms with E-state index in [1.807, 2.05) is 6.07 Å². The van der Waals surface area contributed by atoms with Gasteiger partial charge in [0.2, 0.25) is 0 Å². The number of aromatic nitrogens is 1. The molecule has 0 aliphatic carbocycles. The van der Waals surface area contributed by atoms with Crippen LogP contribution in [0.5, 0.6) is 0 Å². The summed E-state index contributed by atoms with van der Waals surface area (Å²) in [4.78, 5) is 17.9. The minimum atomic E-state index is -0.906. The van der Waals surface area contributed by atoms with Gasteiger partial charge >= 0.3 is 5.97 Å². The lowest BCUT2D eigenvalue weighted by Gasteiger charge is -2.25. The first-order chi connectivity index (χ1) is 8.75. The number of hydrogen-bond acceptors (Lipinski definition) is 4. The molecule has 1 aliphatic heterocycles. The first-order valence-electron chi connectivity index (χ1n) is 6.13. The van der Waals surface area contributed by atoms with E-state index in [0.717, 1.165) is 22.9 Å². The molecule has 2 aromatic rings. The second kappa shape index (κ2) is 4.57. The van der Waals surface area contributed by atoms with Crippen LogP contribution in [0.15, 0.2) is 18.2 Å². The van der Waals surface area contributed by atoms with Gasteiger partial charge in [-0.05, 0) is 31.4 Å². The largest absolute Gasteiger partial charge is 0.478 e. The standard InChI is InChI=1S/C13H14N2O2S/c16-12(17)9-5-4-6-10-11(9)14-13(18-10)15-7-2-1-3-8-15/h4-6H,1-3,7-8H2,(H,16,17). The maximum Gasteiger partial charge on any atom is 0.337 e. The van der Waals surface area contributed by atoms with E-state index >= 15 is 0 Å². The Bertz CT molecular complexity index is 588. The van der Waals surface area contributed by atoms with Crippen molar-refractivity contribution in [1.29, 1.82) is 0 Å². The molecule has 0 unspecified atom stereocenters. The van der Waals surface area contributed by atoms with E-state index in [1.165, 1.54) is 19.3 Å². The molecule has 0 radical (unpaired) electrons. The van der Waals surface area contributed by atoms with Crippen molar-refractivity contribution in [3.63, 3.8) is 0 Å². The highest BCUT2D eigenvalue weighted by Gasteiger charge is 2.18. The predicted molar refractivity (Wildman–Crippen MR) is 72.6 cm³/mol. The smallest absolute Gasteiger partial charge is 0.337 e. The number of thiazole rings is 1. The highest BCUT2D eigenvalue weighted by atomic mass is 32.1. The minimum Gasteiger partial charge on any atom is -0.478 e. The number of rotatable bonds is 2. The van der Waals surface area contributed by atoms with Crippen LogP contribution in [-0.2, 0) is 0 Å². The Morgan fingerprint density at radius 2 is 2.06 bits per heavy atom. The van der Waals surface area contributed by atoms with E-state index in [1.54, 1.807) is 23.5 Å². The van der Waals surface area contributed by atoms with Crippen LogP contribution >= 0.6 is 11.3 Å². The Morgan fingerprint density at radius 1 is 1.28 bits per heavy atom. The van der Waals surface area contributed by atoms with Crippen LogP contribution in [0.25, 0.3) is 10.2 Å². The first kappa shape index (κ1) is 11.5. The van der Waals surface area contributed by atoms with E-state index in [9.17, 15) is 4.79 Å². The molecule has 1 aromatic carbocycles. The Balaban J connectivity index is 2.04. The van der Waals surface area contributed by atoms with Crippen LogP contribution in [-0.4, -0.2) is 29.1 Å². The SMILES string of the molecule is O=C(O)c1cccc2sc(N3CCCCC3)nc12. The Labute approximate surface area is 109 Å². The third-order valence-corrected chi connectivity index (χ3v) is 4.35. The highest BCUT2D eigenvalue weighted by molar-refractivity contribution is 7.22. The second-order valence-electron chi connectivity index (χ2n) is 4.50. The molecule has 0 bridgehead atoms. The van der Waals surface area contributed by atoms with Gasteiger partial charge in [0.25, 0.3) is 0 Å². The summed E-state index contributed by atoms with van der Waals surface area (Å²) in [5.74, 6) is -0.906.